The third-order valence-corrected chi connectivity index (χ3v) is 4.75. The predicted octanol–water partition coefficient (Wildman–Crippen LogP) is 5.35. The lowest BCUT2D eigenvalue weighted by molar-refractivity contribution is 0.262. The van der Waals surface area contributed by atoms with Gasteiger partial charge in [0.05, 0.1) is 0 Å². The van der Waals surface area contributed by atoms with Crippen molar-refractivity contribution in [3.63, 3.8) is 0 Å². The average molecular weight is 280 g/mol. The van der Waals surface area contributed by atoms with E-state index in [2.05, 4.69) is 31.3 Å². The fraction of sp³-hybridized carbons (Fsp3) is 0.647. The van der Waals surface area contributed by atoms with Crippen LogP contribution in [0.25, 0.3) is 0 Å². The molecule has 0 heterocycles. The Kier molecular flexibility index (Phi) is 5.72. The quantitative estimate of drug-likeness (QED) is 0.766. The fourth-order valence-electron chi connectivity index (χ4n) is 3.23. The first-order valence-corrected chi connectivity index (χ1v) is 8.10. The molecule has 1 unspecified atom stereocenters. The summed E-state index contributed by atoms with van der Waals surface area (Å²) < 4.78 is 0. The largest absolute Gasteiger partial charge is 0.307 e. The van der Waals surface area contributed by atoms with E-state index in [4.69, 9.17) is 11.6 Å². The molecule has 2 rings (SSSR count). The second-order valence-electron chi connectivity index (χ2n) is 5.87. The van der Waals surface area contributed by atoms with Gasteiger partial charge >= 0.3 is 0 Å². The average Bonchev–Trinajstić information content (AvgIpc) is 2.46. The van der Waals surface area contributed by atoms with Gasteiger partial charge in [-0.1, -0.05) is 49.9 Å². The Morgan fingerprint density at radius 2 is 1.79 bits per heavy atom. The second-order valence-corrected chi connectivity index (χ2v) is 6.30. The molecule has 1 aromatic rings. The van der Waals surface area contributed by atoms with Crippen molar-refractivity contribution in [2.24, 2.45) is 5.92 Å². The molecule has 1 nitrogen and oxygen atoms in total. The van der Waals surface area contributed by atoms with E-state index in [-0.39, 0.29) is 0 Å². The summed E-state index contributed by atoms with van der Waals surface area (Å²) in [4.78, 5) is 0. The van der Waals surface area contributed by atoms with Crippen LogP contribution in [0.3, 0.4) is 0 Å². The van der Waals surface area contributed by atoms with Gasteiger partial charge in [0.15, 0.2) is 0 Å². The zero-order valence-corrected chi connectivity index (χ0v) is 12.9. The topological polar surface area (TPSA) is 12.0 Å². The molecule has 0 aromatic heterocycles. The molecule has 1 fully saturated rings. The van der Waals surface area contributed by atoms with Crippen molar-refractivity contribution in [2.45, 2.75) is 64.5 Å². The Labute approximate surface area is 122 Å². The molecule has 1 saturated carbocycles. The van der Waals surface area contributed by atoms with Crippen molar-refractivity contribution >= 4 is 11.6 Å². The highest BCUT2D eigenvalue weighted by Crippen LogP contribution is 2.28. The number of halogens is 1. The number of nitrogens with one attached hydrogen (secondary N) is 1. The summed E-state index contributed by atoms with van der Waals surface area (Å²) in [5.41, 5.74) is 1.36. The molecule has 0 spiro atoms. The Bertz CT molecular complexity index is 367. The Balaban J connectivity index is 1.96. The van der Waals surface area contributed by atoms with Crippen molar-refractivity contribution in [3.8, 4) is 0 Å². The van der Waals surface area contributed by atoms with Crippen molar-refractivity contribution in [2.75, 3.05) is 0 Å². The number of hydrogen-bond donors (Lipinski definition) is 1. The zero-order valence-electron chi connectivity index (χ0n) is 12.2. The van der Waals surface area contributed by atoms with Gasteiger partial charge in [0.2, 0.25) is 0 Å². The summed E-state index contributed by atoms with van der Waals surface area (Å²) in [5.74, 6) is 0.857. The molecular formula is C17H26ClN. The molecule has 19 heavy (non-hydrogen) atoms. The maximum Gasteiger partial charge on any atom is 0.0406 e. The third kappa shape index (κ3) is 4.22. The van der Waals surface area contributed by atoms with Crippen LogP contribution in [-0.2, 0) is 0 Å². The molecule has 0 aliphatic heterocycles. The van der Waals surface area contributed by atoms with E-state index in [1.807, 2.05) is 12.1 Å². The van der Waals surface area contributed by atoms with Crippen LogP contribution in [0, 0.1) is 5.92 Å². The van der Waals surface area contributed by atoms with Gasteiger partial charge in [-0.15, -0.1) is 0 Å². The molecule has 0 radical (unpaired) electrons. The highest BCUT2D eigenvalue weighted by Gasteiger charge is 2.22. The van der Waals surface area contributed by atoms with E-state index in [9.17, 15) is 0 Å². The van der Waals surface area contributed by atoms with E-state index >= 15 is 0 Å². The van der Waals surface area contributed by atoms with Crippen LogP contribution >= 0.6 is 11.6 Å². The molecule has 0 amide bonds. The number of rotatable bonds is 5. The molecule has 106 valence electrons. The van der Waals surface area contributed by atoms with Gasteiger partial charge in [0.25, 0.3) is 0 Å². The predicted molar refractivity (Wildman–Crippen MR) is 83.7 cm³/mol. The Hall–Kier alpha value is -0.530. The molecule has 0 bridgehead atoms. The summed E-state index contributed by atoms with van der Waals surface area (Å²) >= 11 is 5.97. The van der Waals surface area contributed by atoms with Gasteiger partial charge in [-0.2, -0.15) is 0 Å². The van der Waals surface area contributed by atoms with Crippen LogP contribution < -0.4 is 5.32 Å². The minimum Gasteiger partial charge on any atom is -0.307 e. The molecular weight excluding hydrogens is 254 g/mol. The fourth-order valence-corrected chi connectivity index (χ4v) is 3.36. The van der Waals surface area contributed by atoms with Gasteiger partial charge in [-0.05, 0) is 49.8 Å². The minimum atomic E-state index is 0.453. The van der Waals surface area contributed by atoms with Gasteiger partial charge in [0, 0.05) is 17.1 Å². The van der Waals surface area contributed by atoms with E-state index in [0.717, 1.165) is 17.4 Å². The first-order chi connectivity index (χ1) is 9.20. The van der Waals surface area contributed by atoms with E-state index < -0.39 is 0 Å². The van der Waals surface area contributed by atoms with Crippen molar-refractivity contribution in [1.29, 1.82) is 0 Å². The van der Waals surface area contributed by atoms with Crippen LogP contribution in [0.4, 0.5) is 0 Å². The van der Waals surface area contributed by atoms with E-state index in [1.54, 1.807) is 0 Å². The monoisotopic (exact) mass is 279 g/mol. The zero-order chi connectivity index (χ0) is 13.7. The standard InChI is InChI=1S/C17H26ClN/c1-3-17(15-9-11-16(18)12-10-15)19-13(2)14-7-5-4-6-8-14/h9-14,17,19H,3-8H2,1-2H3/t13-,17?/m0/s1. The first-order valence-electron chi connectivity index (χ1n) is 7.72. The van der Waals surface area contributed by atoms with Gasteiger partial charge in [-0.25, -0.2) is 0 Å². The van der Waals surface area contributed by atoms with Gasteiger partial charge in [0.1, 0.15) is 0 Å². The molecule has 1 N–H and O–H groups in total. The second kappa shape index (κ2) is 7.31. The molecule has 1 aromatic carbocycles. The first kappa shape index (κ1) is 14.9. The molecule has 1 aliphatic rings. The van der Waals surface area contributed by atoms with Crippen molar-refractivity contribution < 1.29 is 0 Å². The SMILES string of the molecule is CCC(N[C@@H](C)C1CCCCC1)c1ccc(Cl)cc1. The molecule has 2 heteroatoms. The number of hydrogen-bond acceptors (Lipinski definition) is 1. The minimum absolute atomic E-state index is 0.453. The summed E-state index contributed by atoms with van der Waals surface area (Å²) in [7, 11) is 0. The van der Waals surface area contributed by atoms with Gasteiger partial charge in [-0.3, -0.25) is 0 Å². The lowest BCUT2D eigenvalue weighted by Crippen LogP contribution is -2.37. The van der Waals surface area contributed by atoms with Crippen LogP contribution in [0.1, 0.15) is 64.0 Å². The Morgan fingerprint density at radius 1 is 1.16 bits per heavy atom. The summed E-state index contributed by atoms with van der Waals surface area (Å²) in [6, 6.07) is 9.35. The molecule has 2 atom stereocenters. The van der Waals surface area contributed by atoms with Crippen LogP contribution in [0.2, 0.25) is 5.02 Å². The van der Waals surface area contributed by atoms with Crippen molar-refractivity contribution in [1.82, 2.24) is 5.32 Å². The summed E-state index contributed by atoms with van der Waals surface area (Å²) in [6.45, 7) is 4.61. The summed E-state index contributed by atoms with van der Waals surface area (Å²) in [6.07, 6.45) is 8.16. The van der Waals surface area contributed by atoms with Crippen LogP contribution in [-0.4, -0.2) is 6.04 Å². The maximum absolute atomic E-state index is 5.97. The Morgan fingerprint density at radius 3 is 2.37 bits per heavy atom. The maximum atomic E-state index is 5.97. The number of benzene rings is 1. The highest BCUT2D eigenvalue weighted by molar-refractivity contribution is 6.30. The van der Waals surface area contributed by atoms with Gasteiger partial charge < -0.3 is 5.32 Å². The van der Waals surface area contributed by atoms with Crippen LogP contribution in [0.5, 0.6) is 0 Å². The lowest BCUT2D eigenvalue weighted by atomic mass is 9.84. The molecule has 0 saturated heterocycles. The third-order valence-electron chi connectivity index (χ3n) is 4.50. The smallest absolute Gasteiger partial charge is 0.0406 e. The summed E-state index contributed by atoms with van der Waals surface area (Å²) in [5, 5.41) is 4.65. The van der Waals surface area contributed by atoms with Crippen LogP contribution in [0.15, 0.2) is 24.3 Å². The van der Waals surface area contributed by atoms with Crippen molar-refractivity contribution in [3.05, 3.63) is 34.9 Å². The van der Waals surface area contributed by atoms with E-state index in [1.165, 1.54) is 37.7 Å². The van der Waals surface area contributed by atoms with E-state index in [0.29, 0.717) is 12.1 Å². The normalized spacial score (nSPS) is 20.2. The highest BCUT2D eigenvalue weighted by atomic mass is 35.5. The molecule has 1 aliphatic carbocycles. The lowest BCUT2D eigenvalue weighted by Gasteiger charge is -2.31.